The van der Waals surface area contributed by atoms with Gasteiger partial charge in [0, 0.05) is 28.2 Å². The number of methoxy groups -OCH3 is 1. The number of nitro groups is 2. The van der Waals surface area contributed by atoms with Gasteiger partial charge in [-0.2, -0.15) is 0 Å². The van der Waals surface area contributed by atoms with Crippen molar-refractivity contribution < 1.29 is 14.6 Å². The molecule has 1 N–H and O–H groups in total. The molecule has 164 valence electrons. The molecule has 0 saturated heterocycles. The van der Waals surface area contributed by atoms with Crippen LogP contribution in [0.4, 0.5) is 34.1 Å². The number of anilines is 2. The van der Waals surface area contributed by atoms with Crippen LogP contribution in [-0.2, 0) is 0 Å². The van der Waals surface area contributed by atoms with Crippen LogP contribution in [0.5, 0.6) is 5.75 Å². The fraction of sp³-hybridized carbons (Fsp3) is 0.0435. The number of hydrogen-bond acceptors (Lipinski definition) is 8. The second-order valence-corrected chi connectivity index (χ2v) is 6.92. The highest BCUT2D eigenvalue weighted by Gasteiger charge is 2.19. The number of nitro benzene ring substituents is 2. The number of ether oxygens (including phenoxy) is 1. The van der Waals surface area contributed by atoms with Crippen LogP contribution in [0, 0.1) is 20.2 Å². The molecule has 0 amide bonds. The fourth-order valence-electron chi connectivity index (χ4n) is 3.27. The molecule has 0 saturated carbocycles. The molecule has 0 bridgehead atoms. The Hall–Kier alpha value is -4.86. The molecule has 0 fully saturated rings. The summed E-state index contributed by atoms with van der Waals surface area (Å²) in [7, 11) is 1.61. The molecular formula is C23H17N5O5. The third-order valence-corrected chi connectivity index (χ3v) is 4.90. The smallest absolute Gasteiger partial charge is 0.303 e. The molecule has 0 unspecified atom stereocenters. The Balaban J connectivity index is 1.70. The van der Waals surface area contributed by atoms with E-state index in [0.29, 0.717) is 5.69 Å². The van der Waals surface area contributed by atoms with Gasteiger partial charge in [0.1, 0.15) is 5.75 Å². The second kappa shape index (κ2) is 9.10. The topological polar surface area (TPSA) is 132 Å². The van der Waals surface area contributed by atoms with Gasteiger partial charge in [-0.05, 0) is 42.5 Å². The minimum absolute atomic E-state index is 0.0740. The van der Waals surface area contributed by atoms with Crippen molar-refractivity contribution in [2.24, 2.45) is 10.2 Å². The molecular weight excluding hydrogens is 426 g/mol. The molecule has 10 nitrogen and oxygen atoms in total. The average molecular weight is 443 g/mol. The molecule has 10 heteroatoms. The van der Waals surface area contributed by atoms with Gasteiger partial charge in [0.25, 0.3) is 5.69 Å². The Labute approximate surface area is 187 Å². The van der Waals surface area contributed by atoms with Crippen molar-refractivity contribution in [3.8, 4) is 5.75 Å². The Morgan fingerprint density at radius 1 is 0.788 bits per heavy atom. The third kappa shape index (κ3) is 4.59. The van der Waals surface area contributed by atoms with Gasteiger partial charge in [0.15, 0.2) is 5.69 Å². The lowest BCUT2D eigenvalue weighted by Gasteiger charge is -2.11. The van der Waals surface area contributed by atoms with E-state index in [1.165, 1.54) is 6.07 Å². The monoisotopic (exact) mass is 443 g/mol. The van der Waals surface area contributed by atoms with Gasteiger partial charge >= 0.3 is 5.69 Å². The Kier molecular flexibility index (Phi) is 5.90. The van der Waals surface area contributed by atoms with Gasteiger partial charge in [-0.3, -0.25) is 20.2 Å². The summed E-state index contributed by atoms with van der Waals surface area (Å²) in [5, 5.41) is 35.5. The van der Waals surface area contributed by atoms with E-state index < -0.39 is 15.5 Å². The molecule has 0 aliphatic carbocycles. The maximum absolute atomic E-state index is 11.3. The first-order valence-electron chi connectivity index (χ1n) is 9.73. The van der Waals surface area contributed by atoms with Crippen molar-refractivity contribution in [2.75, 3.05) is 12.4 Å². The number of azo groups is 1. The fourth-order valence-corrected chi connectivity index (χ4v) is 3.27. The van der Waals surface area contributed by atoms with E-state index in [9.17, 15) is 20.2 Å². The molecule has 0 aliphatic rings. The molecule has 4 rings (SSSR count). The summed E-state index contributed by atoms with van der Waals surface area (Å²) in [6.07, 6.45) is 0. The normalized spacial score (nSPS) is 10.9. The van der Waals surface area contributed by atoms with Crippen molar-refractivity contribution in [3.63, 3.8) is 0 Å². The van der Waals surface area contributed by atoms with Crippen LogP contribution in [0.1, 0.15) is 0 Å². The van der Waals surface area contributed by atoms with Crippen molar-refractivity contribution in [3.05, 3.63) is 99.1 Å². The molecule has 4 aromatic carbocycles. The second-order valence-electron chi connectivity index (χ2n) is 6.92. The SMILES string of the molecule is COc1ccc(Nc2ccc(N=Nc3ccc([N+](=O)[O-])cc3[N+](=O)[O-])c3ccccc23)cc1. The van der Waals surface area contributed by atoms with Gasteiger partial charge in [0.2, 0.25) is 0 Å². The van der Waals surface area contributed by atoms with E-state index in [2.05, 4.69) is 15.5 Å². The Bertz CT molecular complexity index is 1390. The number of hydrogen-bond donors (Lipinski definition) is 1. The number of fused-ring (bicyclic) bond motifs is 1. The first-order chi connectivity index (χ1) is 16.0. The zero-order valence-corrected chi connectivity index (χ0v) is 17.3. The third-order valence-electron chi connectivity index (χ3n) is 4.90. The lowest BCUT2D eigenvalue weighted by atomic mass is 10.1. The van der Waals surface area contributed by atoms with Crippen LogP contribution < -0.4 is 10.1 Å². The van der Waals surface area contributed by atoms with Crippen molar-refractivity contribution in [2.45, 2.75) is 0 Å². The number of rotatable bonds is 7. The Morgan fingerprint density at radius 3 is 2.12 bits per heavy atom. The maximum Gasteiger partial charge on any atom is 0.303 e. The minimum atomic E-state index is -0.721. The summed E-state index contributed by atoms with van der Waals surface area (Å²) in [5.74, 6) is 0.751. The van der Waals surface area contributed by atoms with Crippen molar-refractivity contribution in [1.29, 1.82) is 0 Å². The molecule has 0 heterocycles. The molecule has 33 heavy (non-hydrogen) atoms. The summed E-state index contributed by atoms with van der Waals surface area (Å²) in [5.41, 5.74) is 1.26. The zero-order chi connectivity index (χ0) is 23.4. The van der Waals surface area contributed by atoms with E-state index in [4.69, 9.17) is 4.74 Å². The number of non-ortho nitro benzene ring substituents is 1. The summed E-state index contributed by atoms with van der Waals surface area (Å²) >= 11 is 0. The van der Waals surface area contributed by atoms with E-state index >= 15 is 0 Å². The molecule has 0 radical (unpaired) electrons. The lowest BCUT2D eigenvalue weighted by molar-refractivity contribution is -0.393. The van der Waals surface area contributed by atoms with Crippen molar-refractivity contribution >= 4 is 44.9 Å². The van der Waals surface area contributed by atoms with Crippen molar-refractivity contribution in [1.82, 2.24) is 0 Å². The van der Waals surface area contributed by atoms with E-state index in [1.807, 2.05) is 54.6 Å². The minimum Gasteiger partial charge on any atom is -0.497 e. The predicted molar refractivity (Wildman–Crippen MR) is 124 cm³/mol. The quantitative estimate of drug-likeness (QED) is 0.189. The molecule has 0 aliphatic heterocycles. The highest BCUT2D eigenvalue weighted by atomic mass is 16.6. The summed E-state index contributed by atoms with van der Waals surface area (Å²) in [4.78, 5) is 20.8. The first kappa shape index (κ1) is 21.4. The van der Waals surface area contributed by atoms with Crippen LogP contribution in [0.25, 0.3) is 10.8 Å². The van der Waals surface area contributed by atoms with Gasteiger partial charge in [-0.25, -0.2) is 0 Å². The summed E-state index contributed by atoms with van der Waals surface area (Å²) in [6.45, 7) is 0. The Morgan fingerprint density at radius 2 is 1.45 bits per heavy atom. The molecule has 0 spiro atoms. The van der Waals surface area contributed by atoms with Crippen LogP contribution in [0.2, 0.25) is 0 Å². The molecule has 0 atom stereocenters. The van der Waals surface area contributed by atoms with Gasteiger partial charge < -0.3 is 10.1 Å². The zero-order valence-electron chi connectivity index (χ0n) is 17.3. The lowest BCUT2D eigenvalue weighted by Crippen LogP contribution is -1.92. The molecule has 0 aromatic heterocycles. The van der Waals surface area contributed by atoms with Gasteiger partial charge in [-0.1, -0.05) is 24.3 Å². The number of nitrogens with one attached hydrogen (secondary N) is 1. The van der Waals surface area contributed by atoms with Crippen LogP contribution in [0.15, 0.2) is 89.1 Å². The average Bonchev–Trinajstić information content (AvgIpc) is 2.83. The summed E-state index contributed by atoms with van der Waals surface area (Å²) < 4.78 is 5.18. The van der Waals surface area contributed by atoms with E-state index in [1.54, 1.807) is 13.2 Å². The maximum atomic E-state index is 11.3. The molecule has 4 aromatic rings. The highest BCUT2D eigenvalue weighted by Crippen LogP contribution is 2.36. The summed E-state index contributed by atoms with van der Waals surface area (Å²) in [6, 6.07) is 21.9. The number of nitrogens with zero attached hydrogens (tertiary/aromatic N) is 4. The van der Waals surface area contributed by atoms with Crippen LogP contribution in [-0.4, -0.2) is 17.0 Å². The van der Waals surface area contributed by atoms with Gasteiger partial charge in [-0.15, -0.1) is 10.2 Å². The van der Waals surface area contributed by atoms with Crippen LogP contribution >= 0.6 is 0 Å². The number of benzene rings is 4. The highest BCUT2D eigenvalue weighted by molar-refractivity contribution is 6.01. The predicted octanol–water partition coefficient (Wildman–Crippen LogP) is 6.82. The first-order valence-corrected chi connectivity index (χ1v) is 9.73. The van der Waals surface area contributed by atoms with Crippen LogP contribution in [0.3, 0.4) is 0 Å². The van der Waals surface area contributed by atoms with E-state index in [0.717, 1.165) is 40.0 Å². The standard InChI is InChI=1S/C23H17N5O5/c1-33-17-9-6-15(7-10-17)24-20-12-13-21(19-5-3-2-4-18(19)20)25-26-22-11-8-16(27(29)30)14-23(22)28(31)32/h2-14,24H,1H3. The van der Waals surface area contributed by atoms with E-state index in [-0.39, 0.29) is 11.4 Å². The van der Waals surface area contributed by atoms with Gasteiger partial charge in [0.05, 0.1) is 28.7 Å². The largest absolute Gasteiger partial charge is 0.497 e.